The Morgan fingerprint density at radius 2 is 1.92 bits per heavy atom. The third-order valence-corrected chi connectivity index (χ3v) is 1.89. The highest BCUT2D eigenvalue weighted by atomic mass is 35.5. The number of hydrogen-bond acceptors (Lipinski definition) is 3. The number of rotatable bonds is 0. The van der Waals surface area contributed by atoms with Crippen molar-refractivity contribution in [3.63, 3.8) is 0 Å². The molecule has 1 heterocycles. The number of nitrogens with two attached hydrogens (primary N) is 1. The molecule has 1 fully saturated rings. The molecule has 5 nitrogen and oxygen atoms in total. The number of guanidine groups is 1. The van der Waals surface area contributed by atoms with E-state index in [1.807, 2.05) is 0 Å². The molecule has 0 amide bonds. The van der Waals surface area contributed by atoms with E-state index in [1.54, 1.807) is 4.90 Å². The third-order valence-electron chi connectivity index (χ3n) is 1.89. The average molecular weight is 196 g/mol. The van der Waals surface area contributed by atoms with E-state index in [-0.39, 0.29) is 24.5 Å². The van der Waals surface area contributed by atoms with Crippen LogP contribution in [-0.4, -0.2) is 40.4 Å². The molecule has 0 aromatic rings. The number of halogens is 1. The van der Waals surface area contributed by atoms with Crippen molar-refractivity contribution in [2.75, 3.05) is 13.1 Å². The highest BCUT2D eigenvalue weighted by molar-refractivity contribution is 5.85. The van der Waals surface area contributed by atoms with Gasteiger partial charge in [-0.2, -0.15) is 0 Å². The molecule has 1 aliphatic heterocycles. The summed E-state index contributed by atoms with van der Waals surface area (Å²) in [7, 11) is 0. The van der Waals surface area contributed by atoms with Crippen LogP contribution < -0.4 is 5.73 Å². The van der Waals surface area contributed by atoms with Crippen LogP contribution in [0.5, 0.6) is 0 Å². The van der Waals surface area contributed by atoms with Crippen LogP contribution in [0, 0.1) is 0 Å². The van der Waals surface area contributed by atoms with Gasteiger partial charge >= 0.3 is 0 Å². The lowest BCUT2D eigenvalue weighted by atomic mass is 10.1. The fraction of sp³-hybridized carbons (Fsp3) is 0.833. The molecule has 0 aliphatic carbocycles. The summed E-state index contributed by atoms with van der Waals surface area (Å²) in [6.45, 7) is 1.33. The van der Waals surface area contributed by atoms with Gasteiger partial charge in [-0.15, -0.1) is 12.4 Å². The Labute approximate surface area is 77.2 Å². The molecule has 0 aromatic heterocycles. The molecule has 0 atom stereocenters. The second-order valence-electron chi connectivity index (χ2n) is 2.68. The van der Waals surface area contributed by atoms with Gasteiger partial charge in [-0.1, -0.05) is 5.16 Å². The van der Waals surface area contributed by atoms with Gasteiger partial charge in [-0.25, -0.2) is 0 Å². The molecule has 0 unspecified atom stereocenters. The smallest absolute Gasteiger partial charge is 0.233 e. The van der Waals surface area contributed by atoms with Crippen LogP contribution in [0.1, 0.15) is 12.8 Å². The fourth-order valence-electron chi connectivity index (χ4n) is 1.16. The van der Waals surface area contributed by atoms with Crippen molar-refractivity contribution in [2.24, 2.45) is 10.9 Å². The van der Waals surface area contributed by atoms with Gasteiger partial charge in [-0.3, -0.25) is 0 Å². The molecule has 0 bridgehead atoms. The van der Waals surface area contributed by atoms with Crippen LogP contribution in [0.25, 0.3) is 0 Å². The molecule has 0 saturated carbocycles. The molecule has 12 heavy (non-hydrogen) atoms. The second kappa shape index (κ2) is 5.05. The van der Waals surface area contributed by atoms with Crippen molar-refractivity contribution in [3.8, 4) is 0 Å². The fourth-order valence-corrected chi connectivity index (χ4v) is 1.16. The van der Waals surface area contributed by atoms with Gasteiger partial charge in [0, 0.05) is 13.1 Å². The van der Waals surface area contributed by atoms with Crippen molar-refractivity contribution in [1.82, 2.24) is 4.90 Å². The summed E-state index contributed by atoms with van der Waals surface area (Å²) >= 11 is 0. The maximum atomic E-state index is 9.11. The molecule has 72 valence electrons. The molecule has 0 spiro atoms. The maximum absolute atomic E-state index is 9.11. The number of nitrogens with zero attached hydrogens (tertiary/aromatic N) is 2. The average Bonchev–Trinajstić information content (AvgIpc) is 2.05. The Morgan fingerprint density at radius 3 is 2.33 bits per heavy atom. The Bertz CT molecular complexity index is 157. The van der Waals surface area contributed by atoms with Crippen molar-refractivity contribution >= 4 is 18.4 Å². The van der Waals surface area contributed by atoms with Gasteiger partial charge in [0.25, 0.3) is 0 Å². The molecule has 1 rings (SSSR count). The first kappa shape index (κ1) is 11.3. The van der Waals surface area contributed by atoms with Crippen LogP contribution in [0.3, 0.4) is 0 Å². The standard InChI is InChI=1S/C6H13N3O2.ClH/c7-6(8-11)9-3-1-5(10)2-4-9;/h5,10-11H,1-4H2,(H2,7,8);1H. The molecule has 4 N–H and O–H groups in total. The summed E-state index contributed by atoms with van der Waals surface area (Å²) in [4.78, 5) is 1.74. The molecule has 0 aromatic carbocycles. The Kier molecular flexibility index (Phi) is 4.77. The quantitative estimate of drug-likeness (QED) is 0.212. The largest absolute Gasteiger partial charge is 0.408 e. The van der Waals surface area contributed by atoms with E-state index in [1.165, 1.54) is 0 Å². The molecule has 1 aliphatic rings. The lowest BCUT2D eigenvalue weighted by Crippen LogP contribution is -2.43. The summed E-state index contributed by atoms with van der Waals surface area (Å²) in [6, 6.07) is 0. The Hall–Kier alpha value is -0.680. The summed E-state index contributed by atoms with van der Waals surface area (Å²) in [5.74, 6) is 0.136. The zero-order valence-electron chi connectivity index (χ0n) is 6.68. The zero-order chi connectivity index (χ0) is 8.27. The molecular weight excluding hydrogens is 182 g/mol. The van der Waals surface area contributed by atoms with Gasteiger partial charge in [0.05, 0.1) is 6.10 Å². The van der Waals surface area contributed by atoms with Crippen molar-refractivity contribution in [1.29, 1.82) is 0 Å². The lowest BCUT2D eigenvalue weighted by Gasteiger charge is -2.29. The van der Waals surface area contributed by atoms with Crippen LogP contribution >= 0.6 is 12.4 Å². The van der Waals surface area contributed by atoms with Gasteiger partial charge in [0.1, 0.15) is 0 Å². The minimum Gasteiger partial charge on any atom is -0.408 e. The lowest BCUT2D eigenvalue weighted by molar-refractivity contribution is 0.107. The van der Waals surface area contributed by atoms with Gasteiger partial charge in [-0.05, 0) is 12.8 Å². The van der Waals surface area contributed by atoms with Crippen molar-refractivity contribution in [2.45, 2.75) is 18.9 Å². The minimum absolute atomic E-state index is 0. The Balaban J connectivity index is 0.00000121. The van der Waals surface area contributed by atoms with Crippen LogP contribution in [0.4, 0.5) is 0 Å². The Morgan fingerprint density at radius 1 is 1.42 bits per heavy atom. The maximum Gasteiger partial charge on any atom is 0.233 e. The van der Waals surface area contributed by atoms with E-state index in [2.05, 4.69) is 5.16 Å². The minimum atomic E-state index is -0.224. The number of hydrogen-bond donors (Lipinski definition) is 3. The molecular formula is C6H14ClN3O2. The van der Waals surface area contributed by atoms with Gasteiger partial charge in [0.15, 0.2) is 0 Å². The zero-order valence-corrected chi connectivity index (χ0v) is 7.50. The second-order valence-corrected chi connectivity index (χ2v) is 2.68. The summed E-state index contributed by atoms with van der Waals surface area (Å²) in [5.41, 5.74) is 5.34. The summed E-state index contributed by atoms with van der Waals surface area (Å²) in [6.07, 6.45) is 1.16. The topological polar surface area (TPSA) is 82.1 Å². The van der Waals surface area contributed by atoms with E-state index in [0.717, 1.165) is 0 Å². The van der Waals surface area contributed by atoms with Crippen LogP contribution in [0.2, 0.25) is 0 Å². The van der Waals surface area contributed by atoms with Crippen molar-refractivity contribution in [3.05, 3.63) is 0 Å². The van der Waals surface area contributed by atoms with E-state index in [4.69, 9.17) is 16.0 Å². The van der Waals surface area contributed by atoms with E-state index in [0.29, 0.717) is 25.9 Å². The molecule has 1 saturated heterocycles. The predicted octanol–water partition coefficient (Wildman–Crippen LogP) is -0.431. The van der Waals surface area contributed by atoms with Gasteiger partial charge in [0.2, 0.25) is 5.96 Å². The number of aliphatic hydroxyl groups excluding tert-OH is 1. The molecule has 6 heteroatoms. The normalized spacial score (nSPS) is 20.4. The summed E-state index contributed by atoms with van der Waals surface area (Å²) in [5, 5.41) is 20.3. The number of aliphatic hydroxyl groups is 1. The first-order chi connectivity index (χ1) is 5.24. The summed E-state index contributed by atoms with van der Waals surface area (Å²) < 4.78 is 0. The highest BCUT2D eigenvalue weighted by Crippen LogP contribution is 2.08. The first-order valence-electron chi connectivity index (χ1n) is 3.64. The number of piperidine rings is 1. The van der Waals surface area contributed by atoms with Crippen LogP contribution in [0.15, 0.2) is 5.16 Å². The van der Waals surface area contributed by atoms with Crippen LogP contribution in [-0.2, 0) is 0 Å². The van der Waals surface area contributed by atoms with Gasteiger partial charge < -0.3 is 20.9 Å². The molecule has 0 radical (unpaired) electrons. The SMILES string of the molecule is Cl.N/C(=N\O)N1CCC(O)CC1. The van der Waals surface area contributed by atoms with E-state index >= 15 is 0 Å². The predicted molar refractivity (Wildman–Crippen MR) is 47.5 cm³/mol. The van der Waals surface area contributed by atoms with E-state index in [9.17, 15) is 0 Å². The van der Waals surface area contributed by atoms with Crippen molar-refractivity contribution < 1.29 is 10.3 Å². The van der Waals surface area contributed by atoms with E-state index < -0.39 is 0 Å². The monoisotopic (exact) mass is 195 g/mol. The highest BCUT2D eigenvalue weighted by Gasteiger charge is 2.17. The number of oxime groups is 1. The first-order valence-corrected chi connectivity index (χ1v) is 3.64. The number of likely N-dealkylation sites (tertiary alicyclic amines) is 1. The third kappa shape index (κ3) is 2.75.